The first kappa shape index (κ1) is 28.2. The highest BCUT2D eigenvalue weighted by Crippen LogP contribution is 2.64. The van der Waals surface area contributed by atoms with E-state index in [9.17, 15) is 13.6 Å². The maximum absolute atomic E-state index is 13.7. The molecule has 8 heteroatoms. The van der Waals surface area contributed by atoms with Crippen LogP contribution in [0.5, 0.6) is 0 Å². The minimum atomic E-state index is -3.49. The molecule has 4 saturated carbocycles. The van der Waals surface area contributed by atoms with E-state index in [0.717, 1.165) is 25.7 Å². The van der Waals surface area contributed by atoms with Crippen molar-refractivity contribution < 1.29 is 37.3 Å². The first-order valence-electron chi connectivity index (χ1n) is 13.7. The summed E-state index contributed by atoms with van der Waals surface area (Å²) in [5.74, 6) is -5.30. The van der Waals surface area contributed by atoms with Crippen LogP contribution in [0.2, 0.25) is 0 Å². The molecule has 2 atom stereocenters. The van der Waals surface area contributed by atoms with Crippen molar-refractivity contribution in [3.05, 3.63) is 0 Å². The number of halogens is 2. The monoisotopic (exact) mass is 516 g/mol. The number of hydrogen-bond acceptors (Lipinski definition) is 6. The molecule has 0 aromatic rings. The van der Waals surface area contributed by atoms with Gasteiger partial charge >= 0.3 is 11.9 Å². The van der Waals surface area contributed by atoms with Gasteiger partial charge in [-0.05, 0) is 78.6 Å². The van der Waals surface area contributed by atoms with Crippen molar-refractivity contribution in [3.63, 3.8) is 0 Å². The molecule has 5 fully saturated rings. The molecule has 0 aromatic heterocycles. The van der Waals surface area contributed by atoms with Crippen LogP contribution in [0, 0.1) is 23.2 Å². The van der Waals surface area contributed by atoms with Gasteiger partial charge in [0, 0.05) is 18.8 Å². The second-order valence-corrected chi connectivity index (χ2v) is 13.4. The van der Waals surface area contributed by atoms with E-state index in [2.05, 4.69) is 41.5 Å². The molecule has 0 aromatic carbocycles. The lowest BCUT2D eigenvalue weighted by molar-refractivity contribution is -0.400. The van der Waals surface area contributed by atoms with E-state index in [1.807, 2.05) is 0 Å². The van der Waals surface area contributed by atoms with Gasteiger partial charge in [-0.15, -0.1) is 0 Å². The SMILES string of the molecule is CCC(C)(C)OCC1(COC(C)(C)CC)COC2(OC1)C1CC3CC2CC(OC(=O)C(C)(F)F)(C3)C1. The summed E-state index contributed by atoms with van der Waals surface area (Å²) in [6.45, 7) is 15.0. The summed E-state index contributed by atoms with van der Waals surface area (Å²) in [5.41, 5.74) is -1.79. The van der Waals surface area contributed by atoms with Gasteiger partial charge in [0.2, 0.25) is 0 Å². The summed E-state index contributed by atoms with van der Waals surface area (Å²) < 4.78 is 58.9. The Hall–Kier alpha value is -0.830. The third-order valence-electron chi connectivity index (χ3n) is 9.39. The molecule has 208 valence electrons. The van der Waals surface area contributed by atoms with E-state index in [1.165, 1.54) is 0 Å². The van der Waals surface area contributed by atoms with Gasteiger partial charge < -0.3 is 23.7 Å². The fourth-order valence-electron chi connectivity index (χ4n) is 6.46. The lowest BCUT2D eigenvalue weighted by atomic mass is 9.51. The Morgan fingerprint density at radius 2 is 1.33 bits per heavy atom. The quantitative estimate of drug-likeness (QED) is 0.337. The highest BCUT2D eigenvalue weighted by molar-refractivity contribution is 5.77. The van der Waals surface area contributed by atoms with E-state index in [4.69, 9.17) is 23.7 Å². The minimum Gasteiger partial charge on any atom is -0.455 e. The number of carbonyl (C=O) groups excluding carboxylic acids is 1. The number of hydrogen-bond donors (Lipinski definition) is 0. The summed E-state index contributed by atoms with van der Waals surface area (Å²) in [7, 11) is 0. The Kier molecular flexibility index (Phi) is 7.38. The molecule has 1 aliphatic heterocycles. The van der Waals surface area contributed by atoms with Gasteiger partial charge in [-0.1, -0.05) is 13.8 Å². The average molecular weight is 517 g/mol. The molecule has 1 spiro atoms. The van der Waals surface area contributed by atoms with E-state index in [1.54, 1.807) is 0 Å². The molecule has 2 unspecified atom stereocenters. The Morgan fingerprint density at radius 1 is 0.861 bits per heavy atom. The van der Waals surface area contributed by atoms with Crippen molar-refractivity contribution in [1.82, 2.24) is 0 Å². The Balaban J connectivity index is 1.49. The highest BCUT2D eigenvalue weighted by Gasteiger charge is 2.67. The topological polar surface area (TPSA) is 63.2 Å². The van der Waals surface area contributed by atoms with Crippen LogP contribution < -0.4 is 0 Å². The molecule has 0 N–H and O–H groups in total. The van der Waals surface area contributed by atoms with Crippen molar-refractivity contribution in [3.8, 4) is 0 Å². The number of rotatable bonds is 10. The van der Waals surface area contributed by atoms with E-state index >= 15 is 0 Å². The molecule has 6 nitrogen and oxygen atoms in total. The van der Waals surface area contributed by atoms with Crippen molar-refractivity contribution in [2.45, 2.75) is 122 Å². The van der Waals surface area contributed by atoms with Crippen LogP contribution >= 0.6 is 0 Å². The number of ether oxygens (including phenoxy) is 5. The van der Waals surface area contributed by atoms with Crippen molar-refractivity contribution in [2.24, 2.45) is 23.2 Å². The standard InChI is InChI=1S/C28H46F2O6/c1-8-23(3,4)32-15-26(16-33-24(5,6)9-2)17-34-28(35-18-26)20-10-19-11-21(28)14-27(12-19,13-20)36-22(31)25(7,29)30/h19-21H,8-18H2,1-7H3. The molecule has 4 aliphatic carbocycles. The largest absolute Gasteiger partial charge is 0.455 e. The minimum absolute atomic E-state index is 0.0148. The van der Waals surface area contributed by atoms with Crippen LogP contribution in [0.1, 0.15) is 93.4 Å². The molecule has 5 aliphatic rings. The zero-order chi connectivity index (χ0) is 26.6. The van der Waals surface area contributed by atoms with Gasteiger partial charge in [-0.3, -0.25) is 0 Å². The Bertz CT molecular complexity index is 771. The maximum Gasteiger partial charge on any atom is 0.377 e. The third-order valence-corrected chi connectivity index (χ3v) is 9.39. The summed E-state index contributed by atoms with van der Waals surface area (Å²) >= 11 is 0. The molecule has 4 bridgehead atoms. The van der Waals surface area contributed by atoms with Crippen LogP contribution in [0.15, 0.2) is 0 Å². The first-order valence-corrected chi connectivity index (χ1v) is 13.7. The van der Waals surface area contributed by atoms with Gasteiger partial charge in [0.1, 0.15) is 5.60 Å². The second kappa shape index (κ2) is 9.42. The number of esters is 1. The highest BCUT2D eigenvalue weighted by atomic mass is 19.3. The summed E-state index contributed by atoms with van der Waals surface area (Å²) in [6, 6.07) is 0. The lowest BCUT2D eigenvalue weighted by Gasteiger charge is -2.65. The predicted molar refractivity (Wildman–Crippen MR) is 131 cm³/mol. The fraction of sp³-hybridized carbons (Fsp3) is 0.964. The number of carbonyl (C=O) groups is 1. The van der Waals surface area contributed by atoms with Crippen molar-refractivity contribution in [1.29, 1.82) is 0 Å². The van der Waals surface area contributed by atoms with Crippen LogP contribution in [-0.2, 0) is 28.5 Å². The van der Waals surface area contributed by atoms with Gasteiger partial charge in [-0.2, -0.15) is 8.78 Å². The zero-order valence-electron chi connectivity index (χ0n) is 23.2. The van der Waals surface area contributed by atoms with E-state index in [-0.39, 0.29) is 23.0 Å². The Labute approximate surface area is 215 Å². The van der Waals surface area contributed by atoms with Crippen LogP contribution in [0.4, 0.5) is 8.78 Å². The van der Waals surface area contributed by atoms with Crippen LogP contribution in [0.25, 0.3) is 0 Å². The molecule has 36 heavy (non-hydrogen) atoms. The molecule has 5 rings (SSSR count). The molecule has 0 radical (unpaired) electrons. The van der Waals surface area contributed by atoms with Crippen molar-refractivity contribution in [2.75, 3.05) is 26.4 Å². The number of alkyl halides is 2. The molecule has 1 heterocycles. The summed E-state index contributed by atoms with van der Waals surface area (Å²) in [4.78, 5) is 12.1. The Morgan fingerprint density at radius 3 is 1.75 bits per heavy atom. The van der Waals surface area contributed by atoms with Crippen LogP contribution in [0.3, 0.4) is 0 Å². The molecule has 0 amide bonds. The van der Waals surface area contributed by atoms with Crippen molar-refractivity contribution >= 4 is 5.97 Å². The molecular weight excluding hydrogens is 470 g/mol. The van der Waals surface area contributed by atoms with Gasteiger partial charge in [-0.25, -0.2) is 4.79 Å². The van der Waals surface area contributed by atoms with Gasteiger partial charge in [0.25, 0.3) is 0 Å². The van der Waals surface area contributed by atoms with E-state index < -0.39 is 28.7 Å². The van der Waals surface area contributed by atoms with Gasteiger partial charge in [0.15, 0.2) is 5.79 Å². The van der Waals surface area contributed by atoms with Gasteiger partial charge in [0.05, 0.1) is 43.0 Å². The third kappa shape index (κ3) is 5.48. The predicted octanol–water partition coefficient (Wildman–Crippen LogP) is 5.90. The first-order chi connectivity index (χ1) is 16.6. The summed E-state index contributed by atoms with van der Waals surface area (Å²) in [6.07, 6.45) is 5.26. The second-order valence-electron chi connectivity index (χ2n) is 13.4. The fourth-order valence-corrected chi connectivity index (χ4v) is 6.46. The van der Waals surface area contributed by atoms with Crippen LogP contribution in [-0.4, -0.2) is 60.9 Å². The average Bonchev–Trinajstić information content (AvgIpc) is 2.80. The lowest BCUT2D eigenvalue weighted by Crippen LogP contribution is -2.69. The molecular formula is C28H46F2O6. The summed E-state index contributed by atoms with van der Waals surface area (Å²) in [5, 5.41) is 0. The molecule has 1 saturated heterocycles. The zero-order valence-corrected chi connectivity index (χ0v) is 23.2. The van der Waals surface area contributed by atoms with E-state index in [0.29, 0.717) is 58.5 Å². The normalized spacial score (nSPS) is 33.2. The maximum atomic E-state index is 13.7. The smallest absolute Gasteiger partial charge is 0.377 e.